The van der Waals surface area contributed by atoms with Gasteiger partial charge in [-0.25, -0.2) is 4.98 Å². The van der Waals surface area contributed by atoms with Crippen LogP contribution in [0.3, 0.4) is 0 Å². The lowest BCUT2D eigenvalue weighted by molar-refractivity contribution is 0.690. The second-order valence-corrected chi connectivity index (χ2v) is 5.74. The van der Waals surface area contributed by atoms with Crippen LogP contribution in [0.2, 0.25) is 0 Å². The van der Waals surface area contributed by atoms with Crippen LogP contribution in [-0.2, 0) is 13.0 Å². The minimum absolute atomic E-state index is 0.908. The standard InChI is InChI=1S/C18H23N3/c1-3-19-18-9-7-15(12-20-18)13-21-10-4-5-16-11-14(2)6-8-17(16)21/h6-9,11-12H,3-5,10,13H2,1-2H3,(H,19,20). The number of nitrogens with one attached hydrogen (secondary N) is 1. The SMILES string of the molecule is CCNc1ccc(CN2CCCc3cc(C)ccc32)cn1. The van der Waals surface area contributed by atoms with Crippen LogP contribution < -0.4 is 10.2 Å². The fraction of sp³-hybridized carbons (Fsp3) is 0.389. The molecule has 1 aliphatic rings. The summed E-state index contributed by atoms with van der Waals surface area (Å²) in [5, 5.41) is 3.24. The lowest BCUT2D eigenvalue weighted by Gasteiger charge is -2.31. The molecule has 3 heteroatoms. The number of fused-ring (bicyclic) bond motifs is 1. The van der Waals surface area contributed by atoms with Crippen molar-refractivity contribution in [3.05, 3.63) is 53.2 Å². The Hall–Kier alpha value is -2.03. The molecule has 0 amide bonds. The third-order valence-electron chi connectivity index (χ3n) is 4.01. The van der Waals surface area contributed by atoms with E-state index >= 15 is 0 Å². The fourth-order valence-electron chi connectivity index (χ4n) is 2.99. The summed E-state index contributed by atoms with van der Waals surface area (Å²) >= 11 is 0. The summed E-state index contributed by atoms with van der Waals surface area (Å²) in [7, 11) is 0. The minimum Gasteiger partial charge on any atom is -0.370 e. The van der Waals surface area contributed by atoms with Gasteiger partial charge in [0, 0.05) is 31.5 Å². The summed E-state index contributed by atoms with van der Waals surface area (Å²) in [6, 6.07) is 11.0. The average Bonchev–Trinajstić information content (AvgIpc) is 2.49. The molecule has 110 valence electrons. The topological polar surface area (TPSA) is 28.2 Å². The van der Waals surface area contributed by atoms with Crippen LogP contribution in [0.4, 0.5) is 11.5 Å². The molecule has 0 saturated carbocycles. The van der Waals surface area contributed by atoms with Gasteiger partial charge in [0.05, 0.1) is 0 Å². The minimum atomic E-state index is 0.908. The van der Waals surface area contributed by atoms with E-state index in [0.29, 0.717) is 0 Å². The number of benzene rings is 1. The van der Waals surface area contributed by atoms with Gasteiger partial charge in [-0.2, -0.15) is 0 Å². The average molecular weight is 281 g/mol. The van der Waals surface area contributed by atoms with E-state index in [9.17, 15) is 0 Å². The first kappa shape index (κ1) is 13.9. The van der Waals surface area contributed by atoms with Crippen molar-refractivity contribution in [2.75, 3.05) is 23.3 Å². The van der Waals surface area contributed by atoms with Crippen LogP contribution >= 0.6 is 0 Å². The molecule has 0 atom stereocenters. The molecule has 3 rings (SSSR count). The second-order valence-electron chi connectivity index (χ2n) is 5.74. The lowest BCUT2D eigenvalue weighted by Crippen LogP contribution is -2.28. The first-order valence-corrected chi connectivity index (χ1v) is 7.79. The quantitative estimate of drug-likeness (QED) is 0.924. The highest BCUT2D eigenvalue weighted by Crippen LogP contribution is 2.29. The molecule has 1 aliphatic heterocycles. The Kier molecular flexibility index (Phi) is 4.09. The lowest BCUT2D eigenvalue weighted by atomic mass is 9.99. The van der Waals surface area contributed by atoms with E-state index in [1.165, 1.54) is 35.2 Å². The van der Waals surface area contributed by atoms with Crippen LogP contribution in [0.5, 0.6) is 0 Å². The van der Waals surface area contributed by atoms with E-state index in [0.717, 1.165) is 25.5 Å². The van der Waals surface area contributed by atoms with Crippen LogP contribution in [0, 0.1) is 6.92 Å². The summed E-state index contributed by atoms with van der Waals surface area (Å²) < 4.78 is 0. The van der Waals surface area contributed by atoms with Crippen LogP contribution in [-0.4, -0.2) is 18.1 Å². The first-order chi connectivity index (χ1) is 10.3. The highest BCUT2D eigenvalue weighted by atomic mass is 15.1. The molecule has 1 N–H and O–H groups in total. The van der Waals surface area contributed by atoms with Crippen LogP contribution in [0.25, 0.3) is 0 Å². The summed E-state index contributed by atoms with van der Waals surface area (Å²) in [5.41, 5.74) is 5.50. The van der Waals surface area contributed by atoms with Crippen molar-refractivity contribution in [3.8, 4) is 0 Å². The van der Waals surface area contributed by atoms with Gasteiger partial charge in [-0.1, -0.05) is 23.8 Å². The van der Waals surface area contributed by atoms with Gasteiger partial charge in [0.15, 0.2) is 0 Å². The van der Waals surface area contributed by atoms with Crippen molar-refractivity contribution in [1.82, 2.24) is 4.98 Å². The smallest absolute Gasteiger partial charge is 0.125 e. The summed E-state index contributed by atoms with van der Waals surface area (Å²) in [4.78, 5) is 6.94. The van der Waals surface area contributed by atoms with Gasteiger partial charge < -0.3 is 10.2 Å². The molecular formula is C18H23N3. The van der Waals surface area contributed by atoms with Gasteiger partial charge >= 0.3 is 0 Å². The van der Waals surface area contributed by atoms with E-state index in [1.807, 2.05) is 6.20 Å². The molecule has 0 fully saturated rings. The molecule has 1 aromatic carbocycles. The third-order valence-corrected chi connectivity index (χ3v) is 4.01. The molecule has 0 unspecified atom stereocenters. The predicted molar refractivity (Wildman–Crippen MR) is 89.0 cm³/mol. The number of aryl methyl sites for hydroxylation is 2. The molecule has 0 saturated heterocycles. The molecule has 1 aromatic heterocycles. The second kappa shape index (κ2) is 6.17. The molecule has 0 spiro atoms. The van der Waals surface area contributed by atoms with Gasteiger partial charge in [-0.3, -0.25) is 0 Å². The zero-order valence-corrected chi connectivity index (χ0v) is 12.9. The Balaban J connectivity index is 1.77. The molecular weight excluding hydrogens is 258 g/mol. The monoisotopic (exact) mass is 281 g/mol. The third kappa shape index (κ3) is 3.18. The van der Waals surface area contributed by atoms with Gasteiger partial charge in [-0.05, 0) is 49.9 Å². The van der Waals surface area contributed by atoms with Crippen molar-refractivity contribution in [3.63, 3.8) is 0 Å². The molecule has 0 radical (unpaired) electrons. The van der Waals surface area contributed by atoms with Gasteiger partial charge in [0.1, 0.15) is 5.82 Å². The van der Waals surface area contributed by atoms with Gasteiger partial charge in [0.2, 0.25) is 0 Å². The Labute approximate surface area is 127 Å². The highest BCUT2D eigenvalue weighted by Gasteiger charge is 2.16. The maximum Gasteiger partial charge on any atom is 0.125 e. The number of rotatable bonds is 4. The zero-order valence-electron chi connectivity index (χ0n) is 12.9. The molecule has 0 aliphatic carbocycles. The number of aromatic nitrogens is 1. The maximum atomic E-state index is 4.47. The zero-order chi connectivity index (χ0) is 14.7. The van der Waals surface area contributed by atoms with E-state index in [2.05, 4.69) is 59.4 Å². The number of anilines is 2. The van der Waals surface area contributed by atoms with E-state index < -0.39 is 0 Å². The molecule has 3 nitrogen and oxygen atoms in total. The largest absolute Gasteiger partial charge is 0.370 e. The van der Waals surface area contributed by atoms with Crippen LogP contribution in [0.1, 0.15) is 30.0 Å². The number of pyridine rings is 1. The van der Waals surface area contributed by atoms with Crippen molar-refractivity contribution in [2.45, 2.75) is 33.2 Å². The normalized spacial score (nSPS) is 13.9. The summed E-state index contributed by atoms with van der Waals surface area (Å²) in [6.45, 7) is 7.23. The number of hydrogen-bond acceptors (Lipinski definition) is 3. The maximum absolute atomic E-state index is 4.47. The van der Waals surface area contributed by atoms with Crippen molar-refractivity contribution in [2.24, 2.45) is 0 Å². The number of hydrogen-bond donors (Lipinski definition) is 1. The fourth-order valence-corrected chi connectivity index (χ4v) is 2.99. The summed E-state index contributed by atoms with van der Waals surface area (Å²) in [6.07, 6.45) is 4.42. The Morgan fingerprint density at radius 3 is 2.90 bits per heavy atom. The van der Waals surface area contributed by atoms with Crippen LogP contribution in [0.15, 0.2) is 36.5 Å². The van der Waals surface area contributed by atoms with E-state index in [-0.39, 0.29) is 0 Å². The van der Waals surface area contributed by atoms with Gasteiger partial charge in [0.25, 0.3) is 0 Å². The molecule has 21 heavy (non-hydrogen) atoms. The molecule has 0 bridgehead atoms. The van der Waals surface area contributed by atoms with E-state index in [4.69, 9.17) is 0 Å². The van der Waals surface area contributed by atoms with E-state index in [1.54, 1.807) is 0 Å². The molecule has 2 aromatic rings. The summed E-state index contributed by atoms with van der Waals surface area (Å²) in [5.74, 6) is 0.955. The number of nitrogens with zero attached hydrogens (tertiary/aromatic N) is 2. The van der Waals surface area contributed by atoms with Crippen molar-refractivity contribution < 1.29 is 0 Å². The Morgan fingerprint density at radius 1 is 1.24 bits per heavy atom. The van der Waals surface area contributed by atoms with Crippen molar-refractivity contribution >= 4 is 11.5 Å². The first-order valence-electron chi connectivity index (χ1n) is 7.79. The Bertz CT molecular complexity index is 604. The predicted octanol–water partition coefficient (Wildman–Crippen LogP) is 3.77. The Morgan fingerprint density at radius 2 is 2.14 bits per heavy atom. The van der Waals surface area contributed by atoms with Gasteiger partial charge in [-0.15, -0.1) is 0 Å². The van der Waals surface area contributed by atoms with Crippen molar-refractivity contribution in [1.29, 1.82) is 0 Å². The highest BCUT2D eigenvalue weighted by molar-refractivity contribution is 5.57. The molecule has 2 heterocycles.